The van der Waals surface area contributed by atoms with Gasteiger partial charge in [-0.3, -0.25) is 4.90 Å². The summed E-state index contributed by atoms with van der Waals surface area (Å²) in [6.45, 7) is 5.65. The molecule has 0 aliphatic carbocycles. The molecule has 2 heteroatoms. The van der Waals surface area contributed by atoms with Gasteiger partial charge in [-0.2, -0.15) is 0 Å². The third-order valence-corrected chi connectivity index (χ3v) is 4.80. The van der Waals surface area contributed by atoms with Gasteiger partial charge in [0.25, 0.3) is 0 Å². The van der Waals surface area contributed by atoms with E-state index in [0.29, 0.717) is 12.1 Å². The van der Waals surface area contributed by atoms with Crippen LogP contribution in [0.15, 0.2) is 24.3 Å². The summed E-state index contributed by atoms with van der Waals surface area (Å²) in [5.41, 5.74) is 8.95. The summed E-state index contributed by atoms with van der Waals surface area (Å²) in [4.78, 5) is 2.71. The van der Waals surface area contributed by atoms with Gasteiger partial charge in [-0.1, -0.05) is 36.8 Å². The standard InChI is InChI=1S/C16H24N2/c1-11-3-5-13(6-4-11)10-18-15-7-12(2)16(18)9-14(17)8-15/h3-6,12,14-16H,7-10,17H2,1-2H3/t12-,14+,15+,16+/m0/s1. The molecule has 1 aromatic rings. The van der Waals surface area contributed by atoms with Gasteiger partial charge in [0.05, 0.1) is 0 Å². The second-order valence-corrected chi connectivity index (χ2v) is 6.32. The average molecular weight is 244 g/mol. The van der Waals surface area contributed by atoms with E-state index in [9.17, 15) is 0 Å². The summed E-state index contributed by atoms with van der Waals surface area (Å²) >= 11 is 0. The van der Waals surface area contributed by atoms with Crippen LogP contribution in [0.5, 0.6) is 0 Å². The van der Waals surface area contributed by atoms with Crippen LogP contribution >= 0.6 is 0 Å². The molecule has 0 spiro atoms. The van der Waals surface area contributed by atoms with Gasteiger partial charge < -0.3 is 5.73 Å². The Kier molecular flexibility index (Phi) is 3.16. The first-order chi connectivity index (χ1) is 8.63. The lowest BCUT2D eigenvalue weighted by Crippen LogP contribution is -2.47. The first kappa shape index (κ1) is 12.2. The van der Waals surface area contributed by atoms with Crippen molar-refractivity contribution in [1.29, 1.82) is 0 Å². The van der Waals surface area contributed by atoms with Crippen molar-refractivity contribution in [3.05, 3.63) is 35.4 Å². The second kappa shape index (κ2) is 4.67. The minimum atomic E-state index is 0.430. The van der Waals surface area contributed by atoms with Gasteiger partial charge in [-0.25, -0.2) is 0 Å². The van der Waals surface area contributed by atoms with Crippen LogP contribution in [0.25, 0.3) is 0 Å². The summed E-state index contributed by atoms with van der Waals surface area (Å²) in [6.07, 6.45) is 3.71. The Morgan fingerprint density at radius 3 is 2.56 bits per heavy atom. The Hall–Kier alpha value is -0.860. The summed E-state index contributed by atoms with van der Waals surface area (Å²) in [5, 5.41) is 0. The Balaban J connectivity index is 1.75. The number of benzene rings is 1. The van der Waals surface area contributed by atoms with Crippen molar-refractivity contribution in [3.8, 4) is 0 Å². The molecule has 3 rings (SSSR count). The Morgan fingerprint density at radius 2 is 1.89 bits per heavy atom. The van der Waals surface area contributed by atoms with Gasteiger partial charge in [0.2, 0.25) is 0 Å². The summed E-state index contributed by atoms with van der Waals surface area (Å²) in [5.74, 6) is 0.814. The van der Waals surface area contributed by atoms with E-state index in [1.54, 1.807) is 0 Å². The van der Waals surface area contributed by atoms with E-state index in [4.69, 9.17) is 5.73 Å². The minimum Gasteiger partial charge on any atom is -0.328 e. The maximum atomic E-state index is 6.17. The molecule has 0 amide bonds. The normalized spacial score (nSPS) is 35.9. The molecule has 1 aromatic carbocycles. The number of hydrogen-bond donors (Lipinski definition) is 1. The molecule has 4 atom stereocenters. The molecule has 2 nitrogen and oxygen atoms in total. The summed E-state index contributed by atoms with van der Waals surface area (Å²) < 4.78 is 0. The van der Waals surface area contributed by atoms with Crippen LogP contribution in [0.4, 0.5) is 0 Å². The van der Waals surface area contributed by atoms with E-state index in [1.807, 2.05) is 0 Å². The molecule has 0 saturated carbocycles. The van der Waals surface area contributed by atoms with E-state index in [1.165, 1.54) is 30.4 Å². The van der Waals surface area contributed by atoms with Crippen molar-refractivity contribution in [2.24, 2.45) is 11.7 Å². The Morgan fingerprint density at radius 1 is 1.17 bits per heavy atom. The highest BCUT2D eigenvalue weighted by Crippen LogP contribution is 2.39. The topological polar surface area (TPSA) is 29.3 Å². The van der Waals surface area contributed by atoms with Crippen LogP contribution in [0.1, 0.15) is 37.3 Å². The molecule has 2 bridgehead atoms. The summed E-state index contributed by atoms with van der Waals surface area (Å²) in [6, 6.07) is 10.8. The predicted octanol–water partition coefficient (Wildman–Crippen LogP) is 2.70. The molecule has 0 radical (unpaired) electrons. The number of hydrogen-bond acceptors (Lipinski definition) is 2. The number of rotatable bonds is 2. The van der Waals surface area contributed by atoms with Crippen molar-refractivity contribution in [2.75, 3.05) is 0 Å². The van der Waals surface area contributed by atoms with Crippen molar-refractivity contribution < 1.29 is 0 Å². The fourth-order valence-electron chi connectivity index (χ4n) is 3.83. The zero-order valence-electron chi connectivity index (χ0n) is 11.5. The van der Waals surface area contributed by atoms with Crippen LogP contribution in [-0.4, -0.2) is 23.0 Å². The monoisotopic (exact) mass is 244 g/mol. The molecule has 2 heterocycles. The third kappa shape index (κ3) is 2.19. The van der Waals surface area contributed by atoms with E-state index < -0.39 is 0 Å². The lowest BCUT2D eigenvalue weighted by molar-refractivity contribution is 0.111. The lowest BCUT2D eigenvalue weighted by Gasteiger charge is -2.38. The van der Waals surface area contributed by atoms with Crippen molar-refractivity contribution >= 4 is 0 Å². The molecule has 2 aliphatic heterocycles. The van der Waals surface area contributed by atoms with Crippen LogP contribution in [0.3, 0.4) is 0 Å². The lowest BCUT2D eigenvalue weighted by atomic mass is 9.95. The third-order valence-electron chi connectivity index (χ3n) is 4.80. The number of aryl methyl sites for hydroxylation is 1. The zero-order chi connectivity index (χ0) is 12.7. The van der Waals surface area contributed by atoms with Crippen molar-refractivity contribution in [2.45, 2.75) is 57.8 Å². The predicted molar refractivity (Wildman–Crippen MR) is 75.3 cm³/mol. The van der Waals surface area contributed by atoms with Crippen molar-refractivity contribution in [1.82, 2.24) is 4.90 Å². The highest BCUT2D eigenvalue weighted by Gasteiger charge is 2.43. The zero-order valence-corrected chi connectivity index (χ0v) is 11.5. The van der Waals surface area contributed by atoms with E-state index in [0.717, 1.165) is 18.5 Å². The highest BCUT2D eigenvalue weighted by molar-refractivity contribution is 5.21. The number of fused-ring (bicyclic) bond motifs is 2. The molecule has 18 heavy (non-hydrogen) atoms. The molecule has 2 saturated heterocycles. The molecule has 2 N–H and O–H groups in total. The quantitative estimate of drug-likeness (QED) is 0.866. The van der Waals surface area contributed by atoms with E-state index >= 15 is 0 Å². The van der Waals surface area contributed by atoms with Crippen molar-refractivity contribution in [3.63, 3.8) is 0 Å². The Labute approximate surface area is 110 Å². The second-order valence-electron chi connectivity index (χ2n) is 6.32. The van der Waals surface area contributed by atoms with Crippen LogP contribution < -0.4 is 5.73 Å². The highest BCUT2D eigenvalue weighted by atomic mass is 15.2. The largest absolute Gasteiger partial charge is 0.328 e. The molecule has 2 fully saturated rings. The molecule has 0 aromatic heterocycles. The van der Waals surface area contributed by atoms with E-state index in [2.05, 4.69) is 43.0 Å². The summed E-state index contributed by atoms with van der Waals surface area (Å²) in [7, 11) is 0. The van der Waals surface area contributed by atoms with Crippen LogP contribution in [0, 0.1) is 12.8 Å². The molecular weight excluding hydrogens is 220 g/mol. The first-order valence-electron chi connectivity index (χ1n) is 7.20. The molecular formula is C16H24N2. The maximum absolute atomic E-state index is 6.17. The van der Waals surface area contributed by atoms with E-state index in [-0.39, 0.29) is 0 Å². The minimum absolute atomic E-state index is 0.430. The fraction of sp³-hybridized carbons (Fsp3) is 0.625. The smallest absolute Gasteiger partial charge is 0.0239 e. The maximum Gasteiger partial charge on any atom is 0.0239 e. The number of piperidine rings is 1. The van der Waals surface area contributed by atoms with Crippen LogP contribution in [-0.2, 0) is 6.54 Å². The SMILES string of the molecule is Cc1ccc(CN2[C@H]3C[C@@H](N)C[C@@H]2[C@@H](C)C3)cc1. The number of nitrogens with zero attached hydrogens (tertiary/aromatic N) is 1. The van der Waals surface area contributed by atoms with Gasteiger partial charge in [0.15, 0.2) is 0 Å². The van der Waals surface area contributed by atoms with Gasteiger partial charge in [0, 0.05) is 24.7 Å². The van der Waals surface area contributed by atoms with Crippen LogP contribution in [0.2, 0.25) is 0 Å². The van der Waals surface area contributed by atoms with Gasteiger partial charge in [0.1, 0.15) is 0 Å². The molecule has 2 aliphatic rings. The molecule has 0 unspecified atom stereocenters. The Bertz CT molecular complexity index is 410. The molecule has 98 valence electrons. The van der Waals surface area contributed by atoms with Gasteiger partial charge >= 0.3 is 0 Å². The van der Waals surface area contributed by atoms with Gasteiger partial charge in [-0.05, 0) is 37.7 Å². The average Bonchev–Trinajstić information content (AvgIpc) is 2.52. The first-order valence-corrected chi connectivity index (χ1v) is 7.20. The number of nitrogens with two attached hydrogens (primary N) is 1. The fourth-order valence-corrected chi connectivity index (χ4v) is 3.83. The van der Waals surface area contributed by atoms with Gasteiger partial charge in [-0.15, -0.1) is 0 Å².